The summed E-state index contributed by atoms with van der Waals surface area (Å²) >= 11 is 0. The van der Waals surface area contributed by atoms with Crippen molar-refractivity contribution in [1.82, 2.24) is 0 Å². The normalized spacial score (nSPS) is 11.4. The Labute approximate surface area is 202 Å². The van der Waals surface area contributed by atoms with E-state index in [4.69, 9.17) is 0 Å². The van der Waals surface area contributed by atoms with E-state index in [0.717, 1.165) is 0 Å². The van der Waals surface area contributed by atoms with Crippen molar-refractivity contribution in [2.45, 2.75) is 0 Å². The highest BCUT2D eigenvalue weighted by Gasteiger charge is 2.41. The van der Waals surface area contributed by atoms with E-state index in [0.29, 0.717) is 0 Å². The molecule has 0 N–H and O–H groups in total. The van der Waals surface area contributed by atoms with Gasteiger partial charge in [0.2, 0.25) is 0 Å². The Morgan fingerprint density at radius 2 is 0.618 bits per heavy atom. The summed E-state index contributed by atoms with van der Waals surface area (Å²) in [6.07, 6.45) is 0. The lowest BCUT2D eigenvalue weighted by Gasteiger charge is -2.25. The Bertz CT molecular complexity index is 1130. The van der Waals surface area contributed by atoms with Gasteiger partial charge in [0.15, 0.2) is 46.5 Å². The molecule has 6 unspecified atom stereocenters. The number of rotatable bonds is 3. The molecule has 0 aliphatic rings. The molecule has 0 amide bonds. The van der Waals surface area contributed by atoms with Crippen LogP contribution in [0, 0.1) is 52.4 Å². The highest BCUT2D eigenvalue weighted by molar-refractivity contribution is 7.41. The number of hydrogen-bond acceptors (Lipinski definition) is 0. The molecule has 180 valence electrons. The van der Waals surface area contributed by atoms with Crippen molar-refractivity contribution in [2.75, 3.05) is 0 Å². The summed E-state index contributed by atoms with van der Waals surface area (Å²) in [7, 11) is 11.0. The SMILES string of the molecule is Fc1c(F)c(P)c(F)c(B(c2c(F)c(F)c(F)c(P)c2P)c2c(F)c(F)c(P)c(P)c2P)c1F. The van der Waals surface area contributed by atoms with Gasteiger partial charge in [0.1, 0.15) is 5.82 Å². The minimum absolute atomic E-state index is 0.0530. The molecule has 34 heavy (non-hydrogen) atoms. The maximum atomic E-state index is 15.3. The van der Waals surface area contributed by atoms with Crippen LogP contribution in [0.2, 0.25) is 0 Å². The van der Waals surface area contributed by atoms with Crippen molar-refractivity contribution < 1.29 is 39.5 Å². The van der Waals surface area contributed by atoms with Crippen molar-refractivity contribution in [3.63, 3.8) is 0 Å². The van der Waals surface area contributed by atoms with Gasteiger partial charge < -0.3 is 0 Å². The minimum atomic E-state index is -2.41. The second-order valence-corrected chi connectivity index (χ2v) is 10.4. The van der Waals surface area contributed by atoms with E-state index in [9.17, 15) is 22.0 Å². The number of benzene rings is 3. The van der Waals surface area contributed by atoms with Crippen molar-refractivity contribution in [3.05, 3.63) is 52.4 Å². The quantitative estimate of drug-likeness (QED) is 0.136. The Morgan fingerprint density at radius 3 is 1.12 bits per heavy atom. The fourth-order valence-corrected chi connectivity index (χ4v) is 5.56. The van der Waals surface area contributed by atoms with Crippen LogP contribution in [0.4, 0.5) is 39.5 Å². The van der Waals surface area contributed by atoms with Crippen LogP contribution < -0.4 is 48.2 Å². The molecule has 0 aliphatic heterocycles. The molecule has 0 radical (unpaired) electrons. The first-order chi connectivity index (χ1) is 15.7. The molecule has 0 aromatic heterocycles. The molecule has 0 saturated carbocycles. The first-order valence-corrected chi connectivity index (χ1v) is 12.3. The van der Waals surface area contributed by atoms with Crippen LogP contribution in [0.15, 0.2) is 0 Å². The molecule has 0 aliphatic carbocycles. The maximum absolute atomic E-state index is 15.3. The van der Waals surface area contributed by atoms with Crippen LogP contribution in [-0.4, -0.2) is 6.71 Å². The van der Waals surface area contributed by atoms with E-state index in [-0.39, 0.29) is 15.9 Å². The zero-order valence-corrected chi connectivity index (χ0v) is 23.4. The van der Waals surface area contributed by atoms with Gasteiger partial charge in [-0.15, -0.1) is 46.2 Å². The summed E-state index contributed by atoms with van der Waals surface area (Å²) in [5.74, 6) is -17.1. The third-order valence-electron chi connectivity index (χ3n) is 5.17. The van der Waals surface area contributed by atoms with E-state index in [1.165, 1.54) is 9.24 Å². The van der Waals surface area contributed by atoms with Gasteiger partial charge in [-0.2, -0.15) is 0 Å². The summed E-state index contributed by atoms with van der Waals surface area (Å²) in [6, 6.07) is 0. The largest absolute Gasteiger partial charge is 0.258 e. The van der Waals surface area contributed by atoms with Crippen LogP contribution in [0.3, 0.4) is 0 Å². The highest BCUT2D eigenvalue weighted by atomic mass is 31.0. The first-order valence-electron chi connectivity index (χ1n) is 8.80. The van der Waals surface area contributed by atoms with Gasteiger partial charge in [0.05, 0.1) is 0 Å². The Balaban J connectivity index is 2.68. The van der Waals surface area contributed by atoms with Gasteiger partial charge in [-0.3, -0.25) is 0 Å². The van der Waals surface area contributed by atoms with E-state index < -0.39 is 91.4 Å². The number of halogens is 9. The van der Waals surface area contributed by atoms with Crippen LogP contribution in [0.1, 0.15) is 0 Å². The molecular weight excluding hydrogens is 584 g/mol. The first kappa shape index (κ1) is 28.2. The fourth-order valence-electron chi connectivity index (χ4n) is 3.40. The lowest BCUT2D eigenvalue weighted by Crippen LogP contribution is -2.66. The highest BCUT2D eigenvalue weighted by Crippen LogP contribution is 2.17. The van der Waals surface area contributed by atoms with E-state index in [2.05, 4.69) is 0 Å². The molecule has 3 rings (SSSR count). The number of hydrogen-bond donors (Lipinski definition) is 0. The van der Waals surface area contributed by atoms with Crippen LogP contribution in [0.25, 0.3) is 0 Å². The zero-order chi connectivity index (χ0) is 26.0. The predicted octanol–water partition coefficient (Wildman–Crippen LogP) is 0.457. The standard InChI is InChI=1S/C18H12BF9P6/c20-4-1(7(23)15(31)11(27)8(4)24)19(2-5(21)9(25)12(28)16(32)13(2)29)3-6(22)10(26)17(33)18(34)14(3)30/h29-34H2. The average Bonchev–Trinajstić information content (AvgIpc) is 2.81. The fraction of sp³-hybridized carbons (Fsp3) is 0. The van der Waals surface area contributed by atoms with Gasteiger partial charge in [0.25, 0.3) is 6.71 Å². The minimum Gasteiger partial charge on any atom is -0.207 e. The molecule has 3 aromatic carbocycles. The summed E-state index contributed by atoms with van der Waals surface area (Å²) in [5.41, 5.74) is -3.40. The Kier molecular flexibility index (Phi) is 8.48. The van der Waals surface area contributed by atoms with Gasteiger partial charge >= 0.3 is 0 Å². The average molecular weight is 596 g/mol. The van der Waals surface area contributed by atoms with E-state index >= 15 is 17.6 Å². The monoisotopic (exact) mass is 596 g/mol. The molecule has 0 nitrogen and oxygen atoms in total. The van der Waals surface area contributed by atoms with E-state index in [1.807, 2.05) is 37.0 Å². The molecule has 0 fully saturated rings. The van der Waals surface area contributed by atoms with Gasteiger partial charge in [-0.1, -0.05) is 9.24 Å². The molecular formula is C18H12BF9P6. The Hall–Kier alpha value is -0.325. The predicted molar refractivity (Wildman–Crippen MR) is 140 cm³/mol. The second-order valence-electron chi connectivity index (χ2n) is 6.98. The summed E-state index contributed by atoms with van der Waals surface area (Å²) in [5, 5.41) is -2.88. The van der Waals surface area contributed by atoms with Crippen molar-refractivity contribution >= 4 is 110 Å². The van der Waals surface area contributed by atoms with Gasteiger partial charge in [-0.25, -0.2) is 39.5 Å². The van der Waals surface area contributed by atoms with Crippen molar-refractivity contribution in [1.29, 1.82) is 0 Å². The van der Waals surface area contributed by atoms with Crippen molar-refractivity contribution in [2.24, 2.45) is 0 Å². The summed E-state index contributed by atoms with van der Waals surface area (Å²) < 4.78 is 132. The molecule has 16 heteroatoms. The summed E-state index contributed by atoms with van der Waals surface area (Å²) in [4.78, 5) is 0. The molecule has 6 atom stereocenters. The van der Waals surface area contributed by atoms with Crippen LogP contribution in [0.5, 0.6) is 0 Å². The topological polar surface area (TPSA) is 0 Å². The lowest BCUT2D eigenvalue weighted by molar-refractivity contribution is 0.446. The third kappa shape index (κ3) is 4.26. The second kappa shape index (κ2) is 10.2. The molecule has 0 spiro atoms. The van der Waals surface area contributed by atoms with Crippen LogP contribution >= 0.6 is 55.4 Å². The smallest absolute Gasteiger partial charge is 0.207 e. The van der Waals surface area contributed by atoms with Gasteiger partial charge in [0, 0.05) is 21.4 Å². The molecule has 3 aromatic rings. The van der Waals surface area contributed by atoms with Gasteiger partial charge in [-0.05, 0) is 26.8 Å². The Morgan fingerprint density at radius 1 is 0.294 bits per heavy atom. The molecule has 0 heterocycles. The molecule has 0 bridgehead atoms. The summed E-state index contributed by atoms with van der Waals surface area (Å²) in [6.45, 7) is -2.41. The maximum Gasteiger partial charge on any atom is 0.258 e. The van der Waals surface area contributed by atoms with E-state index in [1.54, 1.807) is 9.24 Å². The zero-order valence-electron chi connectivity index (χ0n) is 16.4. The van der Waals surface area contributed by atoms with Crippen molar-refractivity contribution in [3.8, 4) is 0 Å². The third-order valence-corrected chi connectivity index (χ3v) is 9.67. The molecule has 0 saturated heterocycles. The van der Waals surface area contributed by atoms with Crippen LogP contribution in [-0.2, 0) is 0 Å². The lowest BCUT2D eigenvalue weighted by atomic mass is 9.36.